The summed E-state index contributed by atoms with van der Waals surface area (Å²) in [6, 6.07) is 32.8. The van der Waals surface area contributed by atoms with Gasteiger partial charge in [0.15, 0.2) is 11.6 Å². The number of carbonyl (C=O) groups excluding carboxylic acids is 5. The number of aliphatic imine (C=N–C) groups is 1. The van der Waals surface area contributed by atoms with Crippen LogP contribution in [0.1, 0.15) is 88.4 Å². The number of carboxylic acid groups (broad SMARTS) is 1. The fourth-order valence-electron chi connectivity index (χ4n) is 6.50. The summed E-state index contributed by atoms with van der Waals surface area (Å²) >= 11 is 0. The van der Waals surface area contributed by atoms with Crippen LogP contribution in [0, 0.1) is 0 Å². The predicted molar refractivity (Wildman–Crippen MR) is 221 cm³/mol. The average molecular weight is 786 g/mol. The highest BCUT2D eigenvalue weighted by Gasteiger charge is 2.20. The van der Waals surface area contributed by atoms with Gasteiger partial charge in [-0.3, -0.25) is 34.7 Å². The van der Waals surface area contributed by atoms with E-state index in [-0.39, 0.29) is 17.7 Å². The molecule has 0 amide bonds. The largest absolute Gasteiger partial charge is 0.550 e. The van der Waals surface area contributed by atoms with E-state index in [1.165, 1.54) is 50.4 Å². The van der Waals surface area contributed by atoms with Crippen LogP contribution >= 0.6 is 0 Å². The smallest absolute Gasteiger partial charge is 0.386 e. The molecule has 302 valence electrons. The van der Waals surface area contributed by atoms with Crippen LogP contribution in [-0.2, 0) is 20.8 Å². The lowest BCUT2D eigenvalue weighted by Gasteiger charge is -2.22. The molecule has 4 aliphatic heterocycles. The Morgan fingerprint density at radius 1 is 0.672 bits per heavy atom. The minimum atomic E-state index is -1.15. The van der Waals surface area contributed by atoms with Crippen LogP contribution in [0.3, 0.4) is 0 Å². The summed E-state index contributed by atoms with van der Waals surface area (Å²) in [6.07, 6.45) is 8.11. The van der Waals surface area contributed by atoms with E-state index in [2.05, 4.69) is 37.0 Å². The zero-order valence-electron chi connectivity index (χ0n) is 33.3. The zero-order chi connectivity index (χ0) is 41.5. The van der Waals surface area contributed by atoms with Gasteiger partial charge in [0.25, 0.3) is 0 Å². The molecule has 0 bridgehead atoms. The second-order valence-electron chi connectivity index (χ2n) is 13.8. The second kappa shape index (κ2) is 24.2. The van der Waals surface area contributed by atoms with Gasteiger partial charge in [0.05, 0.1) is 52.0 Å². The van der Waals surface area contributed by atoms with Gasteiger partial charge in [-0.25, -0.2) is 0 Å². The maximum Gasteiger partial charge on any atom is 0.386 e. The first-order valence-electron chi connectivity index (χ1n) is 19.8. The number of nitrogens with zero attached hydrogens (tertiary/aromatic N) is 3. The molecule has 0 aromatic heterocycles. The summed E-state index contributed by atoms with van der Waals surface area (Å²) in [5, 5.41) is 20.8. The van der Waals surface area contributed by atoms with E-state index in [0.717, 1.165) is 56.1 Å². The Morgan fingerprint density at radius 3 is 1.69 bits per heavy atom. The van der Waals surface area contributed by atoms with Crippen molar-refractivity contribution in [3.8, 4) is 0 Å². The molecule has 0 saturated heterocycles. The van der Waals surface area contributed by atoms with Crippen LogP contribution in [0.5, 0.6) is 0 Å². The van der Waals surface area contributed by atoms with Crippen molar-refractivity contribution < 1.29 is 38.2 Å². The molecule has 4 aromatic carbocycles. The Balaban J connectivity index is 0.000000172. The van der Waals surface area contributed by atoms with E-state index in [0.29, 0.717) is 16.7 Å². The van der Waals surface area contributed by atoms with Crippen molar-refractivity contribution in [2.24, 2.45) is 4.99 Å². The van der Waals surface area contributed by atoms with E-state index in [4.69, 9.17) is 9.59 Å². The number of carboxylic acids is 1. The maximum absolute atomic E-state index is 12.2. The van der Waals surface area contributed by atoms with Crippen molar-refractivity contribution in [3.05, 3.63) is 143 Å². The Kier molecular flexibility index (Phi) is 18.4. The lowest BCUT2D eigenvalue weighted by atomic mass is 9.96. The molecule has 4 aliphatic rings. The number of benzene rings is 4. The van der Waals surface area contributed by atoms with Crippen LogP contribution in [-0.4, -0.2) is 96.8 Å². The number of guanidine groups is 2. The minimum Gasteiger partial charge on any atom is -0.550 e. The van der Waals surface area contributed by atoms with E-state index < -0.39 is 11.9 Å². The highest BCUT2D eigenvalue weighted by molar-refractivity contribution is 6.09. The Hall–Kier alpha value is -6.52. The fourth-order valence-corrected chi connectivity index (χ4v) is 6.50. The molecule has 12 heteroatoms. The first-order chi connectivity index (χ1) is 28.2. The maximum atomic E-state index is 12.2. The van der Waals surface area contributed by atoms with Crippen molar-refractivity contribution in [2.75, 3.05) is 45.8 Å². The zero-order valence-corrected chi connectivity index (χ0v) is 33.3. The van der Waals surface area contributed by atoms with Gasteiger partial charge in [-0.15, -0.1) is 0 Å². The van der Waals surface area contributed by atoms with E-state index >= 15 is 0 Å². The fraction of sp³-hybridized carbons (Fsp3) is 0.326. The molecular weight excluding hydrogens is 733 g/mol. The number of ketones is 2. The highest BCUT2D eigenvalue weighted by atomic mass is 16.4. The molecule has 0 radical (unpaired) electrons. The van der Waals surface area contributed by atoms with Gasteiger partial charge in [0, 0.05) is 59.8 Å². The monoisotopic (exact) mass is 785 g/mol. The van der Waals surface area contributed by atoms with Crippen molar-refractivity contribution >= 4 is 41.8 Å². The quantitative estimate of drug-likeness (QED) is 0.187. The van der Waals surface area contributed by atoms with Gasteiger partial charge in [0.1, 0.15) is 0 Å². The number of carbonyl (C=O) groups is 3. The summed E-state index contributed by atoms with van der Waals surface area (Å²) in [4.78, 5) is 55.7. The number of hydrogen-bond acceptors (Lipinski definition) is 10. The topological polar surface area (TPSA) is 163 Å². The molecule has 12 nitrogen and oxygen atoms in total. The standard InChI is InChI=1S/C16H14O3.C15H14O.C7H13N3.C7H11N3.CO2/c1-11(16(18)19)13-8-5-9-14(10-13)15(17)12-6-3-2-4-7-12;1-2-12-7-6-10-14(11-12)15(16)13-8-4-3-5-9-13;2*1-3-8-7-9-4-2-6-10(7)5-1;2-1-3/h2-11H,1H3,(H,18,19);3-11H,2H2,1H3;1-6H2,(H,8,9);3H,1-2,4-6H2;/p+1. The van der Waals surface area contributed by atoms with Crippen LogP contribution in [0.4, 0.5) is 0 Å². The second-order valence-corrected chi connectivity index (χ2v) is 13.8. The van der Waals surface area contributed by atoms with Gasteiger partial charge in [-0.1, -0.05) is 116 Å². The third-order valence-corrected chi connectivity index (χ3v) is 9.71. The molecule has 4 heterocycles. The SMILES string of the molecule is C1=NC2=[N+](CC1)CCCN2.C1CNC2=[N+](C1)CCCN2.CC(C(=O)[O-])c1cccc(C(=O)c2ccccc2)c1.CCc1cccc(C(=O)c2ccccc2)c1.O=C=O. The van der Waals surface area contributed by atoms with Crippen molar-refractivity contribution in [1.82, 2.24) is 16.0 Å². The molecule has 0 saturated carbocycles. The molecule has 1 unspecified atom stereocenters. The van der Waals surface area contributed by atoms with Crippen molar-refractivity contribution in [3.63, 3.8) is 0 Å². The predicted octanol–water partition coefficient (Wildman–Crippen LogP) is 3.83. The average Bonchev–Trinajstić information content (AvgIpc) is 3.30. The van der Waals surface area contributed by atoms with Crippen LogP contribution < -0.4 is 21.1 Å². The molecule has 0 fully saturated rings. The lowest BCUT2D eigenvalue weighted by Crippen LogP contribution is -2.52. The Morgan fingerprint density at radius 2 is 1.17 bits per heavy atom. The van der Waals surface area contributed by atoms with E-state index in [9.17, 15) is 19.5 Å². The molecule has 0 aliphatic carbocycles. The number of nitrogens with one attached hydrogen (secondary N) is 3. The highest BCUT2D eigenvalue weighted by Crippen LogP contribution is 2.18. The van der Waals surface area contributed by atoms with Gasteiger partial charge >= 0.3 is 18.1 Å². The van der Waals surface area contributed by atoms with Crippen molar-refractivity contribution in [2.45, 2.75) is 51.9 Å². The van der Waals surface area contributed by atoms with Gasteiger partial charge in [-0.2, -0.15) is 9.59 Å². The summed E-state index contributed by atoms with van der Waals surface area (Å²) in [6.45, 7) is 11.8. The van der Waals surface area contributed by atoms with E-state index in [1.807, 2.05) is 66.9 Å². The molecule has 0 spiro atoms. The Labute approximate surface area is 340 Å². The molecule has 3 N–H and O–H groups in total. The first-order valence-corrected chi connectivity index (χ1v) is 19.8. The number of aryl methyl sites for hydroxylation is 1. The summed E-state index contributed by atoms with van der Waals surface area (Å²) in [7, 11) is 0. The minimum absolute atomic E-state index is 0.0934. The number of rotatable bonds is 7. The van der Waals surface area contributed by atoms with Gasteiger partial charge in [0.2, 0.25) is 0 Å². The Bertz CT molecular complexity index is 2060. The molecule has 1 atom stereocenters. The molecule has 4 aromatic rings. The molecular formula is C46H53N6O6+. The van der Waals surface area contributed by atoms with Crippen LogP contribution in [0.25, 0.3) is 0 Å². The van der Waals surface area contributed by atoms with Gasteiger partial charge < -0.3 is 9.90 Å². The van der Waals surface area contributed by atoms with Gasteiger partial charge in [-0.05, 0) is 29.7 Å². The first kappa shape index (κ1) is 44.2. The third-order valence-electron chi connectivity index (χ3n) is 9.71. The number of hydrogen-bond donors (Lipinski definition) is 3. The van der Waals surface area contributed by atoms with E-state index in [1.54, 1.807) is 55.5 Å². The lowest BCUT2D eigenvalue weighted by molar-refractivity contribution is -0.539. The summed E-state index contributed by atoms with van der Waals surface area (Å²) in [5.74, 6) is 0.437. The van der Waals surface area contributed by atoms with Crippen molar-refractivity contribution in [1.29, 1.82) is 0 Å². The molecule has 8 rings (SSSR count). The number of aliphatic carboxylic acids is 1. The third kappa shape index (κ3) is 13.9. The van der Waals surface area contributed by atoms with Crippen LogP contribution in [0.2, 0.25) is 0 Å². The summed E-state index contributed by atoms with van der Waals surface area (Å²) < 4.78 is 4.70. The van der Waals surface area contributed by atoms with Crippen LogP contribution in [0.15, 0.2) is 114 Å². The normalized spacial score (nSPS) is 15.2. The summed E-state index contributed by atoms with van der Waals surface area (Å²) in [5.41, 5.74) is 4.35. The molecule has 58 heavy (non-hydrogen) atoms.